The van der Waals surface area contributed by atoms with Gasteiger partial charge >= 0.3 is 0 Å². The monoisotopic (exact) mass is 250 g/mol. The van der Waals surface area contributed by atoms with Crippen LogP contribution in [0.15, 0.2) is 17.5 Å². The van der Waals surface area contributed by atoms with Gasteiger partial charge in [0, 0.05) is 30.9 Å². The first-order chi connectivity index (χ1) is 8.28. The van der Waals surface area contributed by atoms with Crippen molar-refractivity contribution in [2.75, 3.05) is 6.61 Å². The normalized spacial score (nSPS) is 28.8. The van der Waals surface area contributed by atoms with Crippen LogP contribution in [0.1, 0.15) is 31.1 Å². The average molecular weight is 250 g/mol. The maximum Gasteiger partial charge on any atom is 0.111 e. The molecule has 1 aliphatic rings. The van der Waals surface area contributed by atoms with Gasteiger partial charge in [0.15, 0.2) is 0 Å². The quantitative estimate of drug-likeness (QED) is 0.893. The first kappa shape index (κ1) is 12.6. The minimum Gasteiger partial charge on any atom is -0.378 e. The molecule has 3 nitrogen and oxygen atoms in total. The summed E-state index contributed by atoms with van der Waals surface area (Å²) in [5.41, 5.74) is -0.400. The van der Waals surface area contributed by atoms with Gasteiger partial charge in [-0.2, -0.15) is 5.26 Å². The molecule has 1 aliphatic heterocycles. The van der Waals surface area contributed by atoms with E-state index in [-0.39, 0.29) is 6.10 Å². The first-order valence-electron chi connectivity index (χ1n) is 6.08. The molecule has 0 aromatic carbocycles. The Hall–Kier alpha value is -0.890. The van der Waals surface area contributed by atoms with Gasteiger partial charge in [0.25, 0.3) is 0 Å². The lowest BCUT2D eigenvalue weighted by molar-refractivity contribution is -0.0161. The van der Waals surface area contributed by atoms with E-state index >= 15 is 0 Å². The summed E-state index contributed by atoms with van der Waals surface area (Å²) in [5.74, 6) is 0. The highest BCUT2D eigenvalue weighted by Gasteiger charge is 2.36. The van der Waals surface area contributed by atoms with Gasteiger partial charge in [-0.1, -0.05) is 13.0 Å². The maximum absolute atomic E-state index is 9.42. The van der Waals surface area contributed by atoms with Gasteiger partial charge in [-0.15, -0.1) is 11.3 Å². The minimum absolute atomic E-state index is 0.222. The standard InChI is InChI=1S/C13H18N2OS/c1-2-11-8-13(10-14,5-6-16-11)15-9-12-4-3-7-17-12/h3-4,7,11,15H,2,5-6,8-9H2,1H3. The Morgan fingerprint density at radius 1 is 1.71 bits per heavy atom. The van der Waals surface area contributed by atoms with Crippen molar-refractivity contribution in [2.45, 2.75) is 44.4 Å². The van der Waals surface area contributed by atoms with Crippen LogP contribution in [0.4, 0.5) is 0 Å². The van der Waals surface area contributed by atoms with Gasteiger partial charge in [0.2, 0.25) is 0 Å². The van der Waals surface area contributed by atoms with Crippen LogP contribution in [0.2, 0.25) is 0 Å². The molecular weight excluding hydrogens is 232 g/mol. The molecule has 2 unspecified atom stereocenters. The predicted molar refractivity (Wildman–Crippen MR) is 68.8 cm³/mol. The highest BCUT2D eigenvalue weighted by molar-refractivity contribution is 7.09. The fourth-order valence-electron chi connectivity index (χ4n) is 2.18. The molecule has 1 aromatic heterocycles. The third-order valence-electron chi connectivity index (χ3n) is 3.31. The Balaban J connectivity index is 1.97. The van der Waals surface area contributed by atoms with Gasteiger partial charge in [-0.25, -0.2) is 0 Å². The largest absolute Gasteiger partial charge is 0.378 e. The summed E-state index contributed by atoms with van der Waals surface area (Å²) in [6.45, 7) is 3.57. The number of rotatable bonds is 4. The van der Waals surface area contributed by atoms with Gasteiger partial charge in [-0.05, 0) is 17.9 Å². The molecule has 0 spiro atoms. The van der Waals surface area contributed by atoms with Crippen molar-refractivity contribution in [3.8, 4) is 6.07 Å². The van der Waals surface area contributed by atoms with Gasteiger partial charge in [-0.3, -0.25) is 5.32 Å². The van der Waals surface area contributed by atoms with Crippen LogP contribution in [0.25, 0.3) is 0 Å². The van der Waals surface area contributed by atoms with E-state index in [1.165, 1.54) is 4.88 Å². The zero-order valence-electron chi connectivity index (χ0n) is 10.1. The molecule has 92 valence electrons. The Morgan fingerprint density at radius 3 is 3.24 bits per heavy atom. The molecule has 1 saturated heterocycles. The third kappa shape index (κ3) is 3.06. The molecule has 0 radical (unpaired) electrons. The number of nitriles is 1. The van der Waals surface area contributed by atoms with Crippen LogP contribution in [0.3, 0.4) is 0 Å². The van der Waals surface area contributed by atoms with E-state index in [4.69, 9.17) is 4.74 Å². The van der Waals surface area contributed by atoms with Crippen molar-refractivity contribution in [3.63, 3.8) is 0 Å². The fourth-order valence-corrected chi connectivity index (χ4v) is 2.83. The van der Waals surface area contributed by atoms with Crippen LogP contribution in [0, 0.1) is 11.3 Å². The van der Waals surface area contributed by atoms with Crippen LogP contribution in [-0.2, 0) is 11.3 Å². The summed E-state index contributed by atoms with van der Waals surface area (Å²) >= 11 is 1.72. The summed E-state index contributed by atoms with van der Waals surface area (Å²) < 4.78 is 5.63. The molecule has 4 heteroatoms. The van der Waals surface area contributed by atoms with Crippen molar-refractivity contribution < 1.29 is 4.74 Å². The molecule has 2 heterocycles. The zero-order valence-corrected chi connectivity index (χ0v) is 10.9. The number of hydrogen-bond donors (Lipinski definition) is 1. The van der Waals surface area contributed by atoms with E-state index in [0.29, 0.717) is 6.61 Å². The lowest BCUT2D eigenvalue weighted by atomic mass is 9.87. The SMILES string of the molecule is CCC1CC(C#N)(NCc2cccs2)CCO1. The third-order valence-corrected chi connectivity index (χ3v) is 4.19. The van der Waals surface area contributed by atoms with E-state index in [9.17, 15) is 5.26 Å². The Morgan fingerprint density at radius 2 is 2.59 bits per heavy atom. The van der Waals surface area contributed by atoms with Crippen LogP contribution in [0.5, 0.6) is 0 Å². The van der Waals surface area contributed by atoms with Crippen molar-refractivity contribution in [2.24, 2.45) is 0 Å². The molecule has 2 rings (SSSR count). The second-order valence-corrected chi connectivity index (χ2v) is 5.51. The van der Waals surface area contributed by atoms with E-state index < -0.39 is 5.54 Å². The summed E-state index contributed by atoms with van der Waals surface area (Å²) in [4.78, 5) is 1.28. The van der Waals surface area contributed by atoms with E-state index in [2.05, 4.69) is 29.8 Å². The fraction of sp³-hybridized carbons (Fsp3) is 0.615. The molecule has 1 N–H and O–H groups in total. The van der Waals surface area contributed by atoms with Crippen molar-refractivity contribution in [3.05, 3.63) is 22.4 Å². The minimum atomic E-state index is -0.400. The molecule has 2 atom stereocenters. The summed E-state index contributed by atoms with van der Waals surface area (Å²) in [5, 5.41) is 14.9. The number of thiophene rings is 1. The van der Waals surface area contributed by atoms with Gasteiger partial charge < -0.3 is 4.74 Å². The van der Waals surface area contributed by atoms with Gasteiger partial charge in [0.05, 0.1) is 12.2 Å². The van der Waals surface area contributed by atoms with Crippen molar-refractivity contribution in [1.82, 2.24) is 5.32 Å². The summed E-state index contributed by atoms with van der Waals surface area (Å²) in [6, 6.07) is 6.60. The topological polar surface area (TPSA) is 45.0 Å². The molecule has 0 amide bonds. The van der Waals surface area contributed by atoms with Crippen molar-refractivity contribution in [1.29, 1.82) is 5.26 Å². The Labute approximate surface area is 106 Å². The lowest BCUT2D eigenvalue weighted by Crippen LogP contribution is -2.50. The van der Waals surface area contributed by atoms with Crippen molar-refractivity contribution >= 4 is 11.3 Å². The molecular formula is C13H18N2OS. The van der Waals surface area contributed by atoms with Crippen LogP contribution < -0.4 is 5.32 Å². The van der Waals surface area contributed by atoms with E-state index in [1.54, 1.807) is 11.3 Å². The van der Waals surface area contributed by atoms with E-state index in [1.807, 2.05) is 6.07 Å². The number of nitrogens with one attached hydrogen (secondary N) is 1. The van der Waals surface area contributed by atoms with Gasteiger partial charge in [0.1, 0.15) is 5.54 Å². The molecule has 1 fully saturated rings. The molecule has 0 aliphatic carbocycles. The van der Waals surface area contributed by atoms with E-state index in [0.717, 1.165) is 25.8 Å². The highest BCUT2D eigenvalue weighted by atomic mass is 32.1. The molecule has 1 aromatic rings. The lowest BCUT2D eigenvalue weighted by Gasteiger charge is -2.36. The van der Waals surface area contributed by atoms with Crippen LogP contribution >= 0.6 is 11.3 Å². The van der Waals surface area contributed by atoms with Crippen LogP contribution in [-0.4, -0.2) is 18.2 Å². The molecule has 0 bridgehead atoms. The highest BCUT2D eigenvalue weighted by Crippen LogP contribution is 2.26. The molecule has 0 saturated carbocycles. The number of nitrogens with zero attached hydrogens (tertiary/aromatic N) is 1. The predicted octanol–water partition coefficient (Wildman–Crippen LogP) is 2.69. The number of hydrogen-bond acceptors (Lipinski definition) is 4. The Bertz CT molecular complexity index is 385. The molecule has 17 heavy (non-hydrogen) atoms. The summed E-state index contributed by atoms with van der Waals surface area (Å²) in [6.07, 6.45) is 2.78. The summed E-state index contributed by atoms with van der Waals surface area (Å²) in [7, 11) is 0. The number of ether oxygens (including phenoxy) is 1. The average Bonchev–Trinajstić information content (AvgIpc) is 2.90. The Kier molecular flexibility index (Phi) is 4.16. The zero-order chi connectivity index (χ0) is 12.1. The second-order valence-electron chi connectivity index (χ2n) is 4.48. The smallest absolute Gasteiger partial charge is 0.111 e. The maximum atomic E-state index is 9.42. The first-order valence-corrected chi connectivity index (χ1v) is 6.96. The second kappa shape index (κ2) is 5.63.